The quantitative estimate of drug-likeness (QED) is 0.802. The summed E-state index contributed by atoms with van der Waals surface area (Å²) >= 11 is 0. The number of carbonyl (C=O) groups excluding carboxylic acids is 1. The average molecular weight is 353 g/mol. The first kappa shape index (κ1) is 18.2. The number of rotatable bonds is 4. The lowest BCUT2D eigenvalue weighted by Gasteiger charge is -2.36. The van der Waals surface area contributed by atoms with Crippen LogP contribution in [0.3, 0.4) is 0 Å². The highest BCUT2D eigenvalue weighted by Crippen LogP contribution is 2.34. The van der Waals surface area contributed by atoms with Crippen LogP contribution in [0.1, 0.15) is 33.1 Å². The summed E-state index contributed by atoms with van der Waals surface area (Å²) in [6, 6.07) is 0. The maximum Gasteiger partial charge on any atom is 0.287 e. The molecule has 0 saturated carbocycles. The molecular weight excluding hydrogens is 332 g/mol. The molecule has 1 N–H and O–H groups in total. The number of alkyl halides is 2. The van der Waals surface area contributed by atoms with Gasteiger partial charge in [0, 0.05) is 25.2 Å². The van der Waals surface area contributed by atoms with Gasteiger partial charge in [0.15, 0.2) is 0 Å². The van der Waals surface area contributed by atoms with Crippen LogP contribution in [0.5, 0.6) is 0 Å². The standard InChI is InChI=1S/C13H21F2N3O4S/c1-3-23(21,22)17-6-4-5-10(8-17)11(19)18-13(20,12(14)15)7-9(2)16-18/h10,12,20H,3-8H2,1-2H3. The highest BCUT2D eigenvalue weighted by atomic mass is 32.2. The molecule has 7 nitrogen and oxygen atoms in total. The van der Waals surface area contributed by atoms with E-state index in [2.05, 4.69) is 5.10 Å². The fourth-order valence-electron chi connectivity index (χ4n) is 2.91. The van der Waals surface area contributed by atoms with Gasteiger partial charge in [0.05, 0.1) is 11.7 Å². The van der Waals surface area contributed by atoms with Gasteiger partial charge in [-0.15, -0.1) is 0 Å². The summed E-state index contributed by atoms with van der Waals surface area (Å²) < 4.78 is 51.4. The summed E-state index contributed by atoms with van der Waals surface area (Å²) in [6.45, 7) is 3.19. The van der Waals surface area contributed by atoms with Crippen LogP contribution in [0.4, 0.5) is 8.78 Å². The maximum absolute atomic E-state index is 13.2. The van der Waals surface area contributed by atoms with Gasteiger partial charge in [-0.3, -0.25) is 4.79 Å². The number of aliphatic hydroxyl groups is 1. The first-order valence-electron chi connectivity index (χ1n) is 7.48. The predicted molar refractivity (Wildman–Crippen MR) is 79.3 cm³/mol. The minimum atomic E-state index is -3.45. The molecule has 0 aromatic rings. The smallest absolute Gasteiger partial charge is 0.287 e. The number of hydrogen-bond donors (Lipinski definition) is 1. The Morgan fingerprint density at radius 1 is 1.52 bits per heavy atom. The van der Waals surface area contributed by atoms with Crippen molar-refractivity contribution in [2.24, 2.45) is 11.0 Å². The first-order valence-corrected chi connectivity index (χ1v) is 9.09. The molecule has 0 spiro atoms. The van der Waals surface area contributed by atoms with Crippen molar-refractivity contribution in [3.05, 3.63) is 0 Å². The lowest BCUT2D eigenvalue weighted by Crippen LogP contribution is -2.55. The van der Waals surface area contributed by atoms with Gasteiger partial charge in [0.2, 0.25) is 21.7 Å². The molecule has 0 aliphatic carbocycles. The second kappa shape index (κ2) is 6.40. The molecule has 1 amide bonds. The second-order valence-electron chi connectivity index (χ2n) is 5.94. The normalized spacial score (nSPS) is 29.9. The molecule has 2 aliphatic rings. The monoisotopic (exact) mass is 353 g/mol. The summed E-state index contributed by atoms with van der Waals surface area (Å²) in [5, 5.41) is 14.3. The zero-order valence-electron chi connectivity index (χ0n) is 13.1. The number of hydrazone groups is 1. The molecule has 0 aromatic carbocycles. The van der Waals surface area contributed by atoms with E-state index in [1.807, 2.05) is 0 Å². The number of carbonyl (C=O) groups is 1. The van der Waals surface area contributed by atoms with Gasteiger partial charge in [0.25, 0.3) is 6.43 Å². The molecule has 2 heterocycles. The molecule has 0 bridgehead atoms. The Morgan fingerprint density at radius 3 is 2.74 bits per heavy atom. The maximum atomic E-state index is 13.2. The Hall–Kier alpha value is -1.13. The summed E-state index contributed by atoms with van der Waals surface area (Å²) in [6.07, 6.45) is -2.75. The predicted octanol–water partition coefficient (Wildman–Crippen LogP) is 0.610. The number of sulfonamides is 1. The van der Waals surface area contributed by atoms with Crippen LogP contribution in [0.25, 0.3) is 0 Å². The number of hydrogen-bond acceptors (Lipinski definition) is 5. The molecule has 1 saturated heterocycles. The molecule has 10 heteroatoms. The van der Waals surface area contributed by atoms with Crippen molar-refractivity contribution in [2.45, 2.75) is 45.3 Å². The fraction of sp³-hybridized carbons (Fsp3) is 0.846. The van der Waals surface area contributed by atoms with Crippen molar-refractivity contribution in [2.75, 3.05) is 18.8 Å². The summed E-state index contributed by atoms with van der Waals surface area (Å²) in [7, 11) is -3.45. The van der Waals surface area contributed by atoms with E-state index in [1.54, 1.807) is 0 Å². The van der Waals surface area contributed by atoms with Gasteiger partial charge < -0.3 is 5.11 Å². The Kier molecular flexibility index (Phi) is 5.07. The van der Waals surface area contributed by atoms with Gasteiger partial charge in [-0.1, -0.05) is 0 Å². The van der Waals surface area contributed by atoms with Crippen LogP contribution >= 0.6 is 0 Å². The second-order valence-corrected chi connectivity index (χ2v) is 8.20. The van der Waals surface area contributed by atoms with Crippen molar-refractivity contribution in [3.63, 3.8) is 0 Å². The van der Waals surface area contributed by atoms with Crippen molar-refractivity contribution in [3.8, 4) is 0 Å². The highest BCUT2D eigenvalue weighted by molar-refractivity contribution is 7.89. The molecule has 2 atom stereocenters. The van der Waals surface area contributed by atoms with E-state index in [0.29, 0.717) is 24.4 Å². The van der Waals surface area contributed by atoms with Crippen LogP contribution in [0.15, 0.2) is 5.10 Å². The van der Waals surface area contributed by atoms with E-state index in [-0.39, 0.29) is 18.0 Å². The number of piperidine rings is 1. The zero-order chi connectivity index (χ0) is 17.4. The molecule has 2 aliphatic heterocycles. The SMILES string of the molecule is CCS(=O)(=O)N1CCCC(C(=O)N2N=C(C)CC2(O)C(F)F)C1. The van der Waals surface area contributed by atoms with Gasteiger partial charge in [-0.25, -0.2) is 21.5 Å². The van der Waals surface area contributed by atoms with E-state index in [9.17, 15) is 27.1 Å². The molecule has 2 unspecified atom stereocenters. The summed E-state index contributed by atoms with van der Waals surface area (Å²) in [4.78, 5) is 12.5. The summed E-state index contributed by atoms with van der Waals surface area (Å²) in [5.41, 5.74) is -2.41. The minimum Gasteiger partial charge on any atom is -0.364 e. The van der Waals surface area contributed by atoms with E-state index in [4.69, 9.17) is 0 Å². The average Bonchev–Trinajstić information content (AvgIpc) is 2.83. The van der Waals surface area contributed by atoms with Gasteiger partial charge in [-0.05, 0) is 26.7 Å². The van der Waals surface area contributed by atoms with Crippen LogP contribution in [-0.4, -0.2) is 65.5 Å². The Labute approximate surface area is 134 Å². The molecule has 0 radical (unpaired) electrons. The third-order valence-corrected chi connectivity index (χ3v) is 6.05. The first-order chi connectivity index (χ1) is 10.6. The topological polar surface area (TPSA) is 90.3 Å². The van der Waals surface area contributed by atoms with Crippen molar-refractivity contribution in [1.29, 1.82) is 0 Å². The molecule has 0 aromatic heterocycles. The highest BCUT2D eigenvalue weighted by Gasteiger charge is 2.52. The fourth-order valence-corrected chi connectivity index (χ4v) is 4.09. The van der Waals surface area contributed by atoms with Crippen LogP contribution in [-0.2, 0) is 14.8 Å². The van der Waals surface area contributed by atoms with Crippen LogP contribution in [0, 0.1) is 5.92 Å². The number of nitrogens with zero attached hydrogens (tertiary/aromatic N) is 3. The Balaban J connectivity index is 2.19. The molecule has 2 rings (SSSR count). The summed E-state index contributed by atoms with van der Waals surface area (Å²) in [5.74, 6) is -1.64. The molecular formula is C13H21F2N3O4S. The third-order valence-electron chi connectivity index (χ3n) is 4.20. The minimum absolute atomic E-state index is 0.0700. The van der Waals surface area contributed by atoms with E-state index in [0.717, 1.165) is 0 Å². The van der Waals surface area contributed by atoms with E-state index >= 15 is 0 Å². The Bertz CT molecular complexity index is 610. The largest absolute Gasteiger partial charge is 0.364 e. The van der Waals surface area contributed by atoms with Crippen molar-refractivity contribution in [1.82, 2.24) is 9.31 Å². The van der Waals surface area contributed by atoms with Gasteiger partial charge in [0.1, 0.15) is 0 Å². The van der Waals surface area contributed by atoms with Crippen molar-refractivity contribution >= 4 is 21.6 Å². The molecule has 1 fully saturated rings. The van der Waals surface area contributed by atoms with E-state index < -0.39 is 40.4 Å². The van der Waals surface area contributed by atoms with Crippen molar-refractivity contribution < 1.29 is 27.1 Å². The van der Waals surface area contributed by atoms with Crippen LogP contribution < -0.4 is 0 Å². The zero-order valence-corrected chi connectivity index (χ0v) is 13.9. The molecule has 132 valence electrons. The Morgan fingerprint density at radius 2 is 2.17 bits per heavy atom. The third kappa shape index (κ3) is 3.38. The van der Waals surface area contributed by atoms with Gasteiger partial charge >= 0.3 is 0 Å². The van der Waals surface area contributed by atoms with E-state index in [1.165, 1.54) is 18.2 Å². The number of amides is 1. The van der Waals surface area contributed by atoms with Crippen LogP contribution in [0.2, 0.25) is 0 Å². The molecule has 23 heavy (non-hydrogen) atoms. The van der Waals surface area contributed by atoms with Gasteiger partial charge in [-0.2, -0.15) is 10.1 Å². The lowest BCUT2D eigenvalue weighted by molar-refractivity contribution is -0.195. The number of halogens is 2. The lowest BCUT2D eigenvalue weighted by atomic mass is 9.97.